The Morgan fingerprint density at radius 2 is 1.94 bits per heavy atom. The highest BCUT2D eigenvalue weighted by Crippen LogP contribution is 2.48. The number of amides is 1. The molecule has 2 heterocycles. The van der Waals surface area contributed by atoms with Crippen LogP contribution in [0.4, 0.5) is 4.79 Å². The van der Waals surface area contributed by atoms with Gasteiger partial charge in [-0.3, -0.25) is 0 Å². The molecule has 172 valence electrons. The lowest BCUT2D eigenvalue weighted by Crippen LogP contribution is -2.42. The first kappa shape index (κ1) is 22.1. The number of rotatable bonds is 5. The number of carbonyl (C=O) groups is 1. The number of hydrogen-bond acceptors (Lipinski definition) is 5. The van der Waals surface area contributed by atoms with Crippen molar-refractivity contribution in [3.8, 4) is 11.3 Å². The molecular weight excluding hydrogens is 451 g/mol. The summed E-state index contributed by atoms with van der Waals surface area (Å²) in [4.78, 5) is 14.3. The fraction of sp³-hybridized carbons (Fsp3) is 0.583. The Morgan fingerprint density at radius 3 is 2.59 bits per heavy atom. The molecule has 1 aliphatic heterocycles. The first-order valence-corrected chi connectivity index (χ1v) is 12.0. The van der Waals surface area contributed by atoms with E-state index in [-0.39, 0.29) is 12.2 Å². The maximum absolute atomic E-state index is 12.4. The van der Waals surface area contributed by atoms with Crippen LogP contribution in [0.1, 0.15) is 57.3 Å². The maximum atomic E-state index is 12.4. The third-order valence-electron chi connectivity index (χ3n) is 6.56. The van der Waals surface area contributed by atoms with Gasteiger partial charge in [0.1, 0.15) is 17.1 Å². The van der Waals surface area contributed by atoms with Crippen molar-refractivity contribution in [1.82, 2.24) is 10.1 Å². The molecule has 2 aromatic rings. The molecule has 0 bridgehead atoms. The van der Waals surface area contributed by atoms with Crippen molar-refractivity contribution in [2.45, 2.75) is 64.3 Å². The first-order chi connectivity index (χ1) is 15.2. The van der Waals surface area contributed by atoms with Gasteiger partial charge in [0.2, 0.25) is 0 Å². The van der Waals surface area contributed by atoms with Crippen molar-refractivity contribution in [2.24, 2.45) is 11.8 Å². The third-order valence-corrected chi connectivity index (χ3v) is 7.19. The minimum Gasteiger partial charge on any atom is -0.444 e. The minimum absolute atomic E-state index is 0.101. The number of nitrogens with zero attached hydrogens (tertiary/aromatic N) is 2. The largest absolute Gasteiger partial charge is 0.444 e. The Morgan fingerprint density at radius 1 is 1.22 bits per heavy atom. The quantitative estimate of drug-likeness (QED) is 0.504. The number of hydrogen-bond donors (Lipinski definition) is 0. The molecule has 0 N–H and O–H groups in total. The molecule has 1 saturated heterocycles. The SMILES string of the molecule is CC(C)(C)OC(=O)N1C[C@@H]2CC(OCc3c(-c4c(Cl)cccc4Cl)noc3C3CC3)[C@@H]2C1. The van der Waals surface area contributed by atoms with Crippen molar-refractivity contribution >= 4 is 29.3 Å². The number of carbonyl (C=O) groups excluding carboxylic acids is 1. The van der Waals surface area contributed by atoms with Crippen LogP contribution in [0, 0.1) is 11.8 Å². The number of fused-ring (bicyclic) bond motifs is 1. The van der Waals surface area contributed by atoms with Gasteiger partial charge in [-0.05, 0) is 58.1 Å². The number of aromatic nitrogens is 1. The average molecular weight is 479 g/mol. The van der Waals surface area contributed by atoms with Crippen molar-refractivity contribution in [1.29, 1.82) is 0 Å². The van der Waals surface area contributed by atoms with Crippen molar-refractivity contribution in [3.63, 3.8) is 0 Å². The molecule has 0 radical (unpaired) electrons. The highest BCUT2D eigenvalue weighted by atomic mass is 35.5. The Hall–Kier alpha value is -1.76. The molecule has 1 unspecified atom stereocenters. The van der Waals surface area contributed by atoms with Gasteiger partial charge in [0, 0.05) is 36.1 Å². The van der Waals surface area contributed by atoms with Gasteiger partial charge in [-0.2, -0.15) is 0 Å². The van der Waals surface area contributed by atoms with E-state index in [0.29, 0.717) is 52.2 Å². The summed E-state index contributed by atoms with van der Waals surface area (Å²) in [5, 5.41) is 5.42. The second-order valence-electron chi connectivity index (χ2n) is 10.1. The van der Waals surface area contributed by atoms with Gasteiger partial charge >= 0.3 is 6.09 Å². The van der Waals surface area contributed by atoms with E-state index < -0.39 is 5.60 Å². The van der Waals surface area contributed by atoms with Gasteiger partial charge in [-0.25, -0.2) is 4.79 Å². The molecule has 0 spiro atoms. The summed E-state index contributed by atoms with van der Waals surface area (Å²) in [7, 11) is 0. The van der Waals surface area contributed by atoms with Gasteiger partial charge < -0.3 is 18.9 Å². The molecule has 1 aromatic heterocycles. The Balaban J connectivity index is 1.28. The average Bonchev–Trinajstić information content (AvgIpc) is 3.37. The van der Waals surface area contributed by atoms with E-state index in [1.54, 1.807) is 12.1 Å². The Kier molecular flexibility index (Phi) is 5.67. The number of benzene rings is 1. The lowest BCUT2D eigenvalue weighted by molar-refractivity contribution is -0.0750. The molecule has 6 nitrogen and oxygen atoms in total. The zero-order chi connectivity index (χ0) is 22.6. The Bertz CT molecular complexity index is 1010. The summed E-state index contributed by atoms with van der Waals surface area (Å²) >= 11 is 12.9. The molecule has 8 heteroatoms. The second-order valence-corrected chi connectivity index (χ2v) is 11.0. The van der Waals surface area contributed by atoms with E-state index in [4.69, 9.17) is 37.2 Å². The maximum Gasteiger partial charge on any atom is 0.410 e. The summed E-state index contributed by atoms with van der Waals surface area (Å²) in [6.07, 6.45) is 2.99. The van der Waals surface area contributed by atoms with Crippen LogP contribution in [0.3, 0.4) is 0 Å². The number of ether oxygens (including phenoxy) is 2. The zero-order valence-corrected chi connectivity index (χ0v) is 20.1. The van der Waals surface area contributed by atoms with E-state index in [0.717, 1.165) is 37.1 Å². The van der Waals surface area contributed by atoms with Crippen LogP contribution in [-0.2, 0) is 16.1 Å². The van der Waals surface area contributed by atoms with Gasteiger partial charge in [0.25, 0.3) is 0 Å². The molecule has 5 rings (SSSR count). The highest BCUT2D eigenvalue weighted by molar-refractivity contribution is 6.39. The zero-order valence-electron chi connectivity index (χ0n) is 18.6. The molecule has 1 aromatic carbocycles. The molecular formula is C24H28Cl2N2O4. The van der Waals surface area contributed by atoms with Crippen LogP contribution < -0.4 is 0 Å². The van der Waals surface area contributed by atoms with Crippen LogP contribution in [-0.4, -0.2) is 40.9 Å². The molecule has 3 atom stereocenters. The lowest BCUT2D eigenvalue weighted by atomic mass is 9.73. The molecule has 1 amide bonds. The molecule has 2 saturated carbocycles. The fourth-order valence-electron chi connectivity index (χ4n) is 4.75. The van der Waals surface area contributed by atoms with Crippen molar-refractivity contribution in [2.75, 3.05) is 13.1 Å². The molecule has 3 aliphatic rings. The van der Waals surface area contributed by atoms with Gasteiger partial charge in [-0.1, -0.05) is 34.4 Å². The van der Waals surface area contributed by atoms with Gasteiger partial charge in [-0.15, -0.1) is 0 Å². The predicted molar refractivity (Wildman–Crippen MR) is 122 cm³/mol. The summed E-state index contributed by atoms with van der Waals surface area (Å²) in [5.74, 6) is 2.07. The van der Waals surface area contributed by atoms with Crippen molar-refractivity contribution < 1.29 is 18.8 Å². The van der Waals surface area contributed by atoms with Crippen LogP contribution in [0.25, 0.3) is 11.3 Å². The summed E-state index contributed by atoms with van der Waals surface area (Å²) in [6, 6.07) is 5.43. The summed E-state index contributed by atoms with van der Waals surface area (Å²) in [5.41, 5.74) is 1.81. The van der Waals surface area contributed by atoms with Gasteiger partial charge in [0.15, 0.2) is 0 Å². The minimum atomic E-state index is -0.488. The van der Waals surface area contributed by atoms with Crippen molar-refractivity contribution in [3.05, 3.63) is 39.6 Å². The molecule has 3 fully saturated rings. The van der Waals surface area contributed by atoms with Crippen LogP contribution in [0.5, 0.6) is 0 Å². The fourth-order valence-corrected chi connectivity index (χ4v) is 5.33. The van der Waals surface area contributed by atoms with Crippen LogP contribution >= 0.6 is 23.2 Å². The smallest absolute Gasteiger partial charge is 0.410 e. The highest BCUT2D eigenvalue weighted by Gasteiger charge is 2.50. The first-order valence-electron chi connectivity index (χ1n) is 11.2. The predicted octanol–water partition coefficient (Wildman–Crippen LogP) is 6.30. The third kappa shape index (κ3) is 4.25. The monoisotopic (exact) mass is 478 g/mol. The number of halogens is 2. The lowest BCUT2D eigenvalue weighted by Gasteiger charge is -2.38. The summed E-state index contributed by atoms with van der Waals surface area (Å²) in [6.45, 7) is 7.47. The van der Waals surface area contributed by atoms with E-state index >= 15 is 0 Å². The summed E-state index contributed by atoms with van der Waals surface area (Å²) < 4.78 is 17.6. The molecule has 32 heavy (non-hydrogen) atoms. The second kappa shape index (κ2) is 8.23. The molecule has 2 aliphatic carbocycles. The normalized spacial score (nSPS) is 24.9. The topological polar surface area (TPSA) is 64.8 Å². The standard InChI is InChI=1S/C24H28Cl2N2O4/c1-24(2,3)31-23(29)28-10-14-9-19(15(14)11-28)30-12-16-21(27-32-22(16)13-7-8-13)20-17(25)5-4-6-18(20)26/h4-6,13-15,19H,7-12H2,1-3H3/t14-,15+,19?/m0/s1. The van der Waals surface area contributed by atoms with E-state index in [1.807, 2.05) is 31.7 Å². The van der Waals surface area contributed by atoms with E-state index in [2.05, 4.69) is 5.16 Å². The Labute approximate surface area is 198 Å². The van der Waals surface area contributed by atoms with Crippen LogP contribution in [0.15, 0.2) is 22.7 Å². The number of likely N-dealkylation sites (tertiary alicyclic amines) is 1. The van der Waals surface area contributed by atoms with Gasteiger partial charge in [0.05, 0.1) is 22.8 Å². The van der Waals surface area contributed by atoms with E-state index in [9.17, 15) is 4.79 Å². The van der Waals surface area contributed by atoms with Crippen LogP contribution in [0.2, 0.25) is 10.0 Å². The van der Waals surface area contributed by atoms with E-state index in [1.165, 1.54) is 0 Å².